The number of aryl methyl sites for hydroxylation is 1. The lowest BCUT2D eigenvalue weighted by molar-refractivity contribution is -0.138. The van der Waals surface area contributed by atoms with Gasteiger partial charge in [0.15, 0.2) is 0 Å². The molecule has 1 heterocycles. The van der Waals surface area contributed by atoms with Crippen molar-refractivity contribution in [3.8, 4) is 0 Å². The zero-order chi connectivity index (χ0) is 17.2. The van der Waals surface area contributed by atoms with E-state index in [0.717, 1.165) is 37.3 Å². The van der Waals surface area contributed by atoms with Crippen LogP contribution in [-0.4, -0.2) is 31.1 Å². The molecule has 0 bridgehead atoms. The fraction of sp³-hybridized carbons (Fsp3) is 0.368. The molecule has 1 aliphatic rings. The van der Waals surface area contributed by atoms with E-state index in [9.17, 15) is 13.2 Å². The molecule has 2 nitrogen and oxygen atoms in total. The first-order chi connectivity index (χ1) is 11.5. The Morgan fingerprint density at radius 3 is 2.12 bits per heavy atom. The molecular weight excluding hydrogens is 313 g/mol. The molecule has 1 unspecified atom stereocenters. The molecule has 1 fully saturated rings. The van der Waals surface area contributed by atoms with Gasteiger partial charge in [0, 0.05) is 26.2 Å². The summed E-state index contributed by atoms with van der Waals surface area (Å²) in [7, 11) is 0. The first-order valence-electron chi connectivity index (χ1n) is 8.15. The van der Waals surface area contributed by atoms with E-state index in [0.29, 0.717) is 5.56 Å². The van der Waals surface area contributed by atoms with Gasteiger partial charge >= 0.3 is 6.18 Å². The molecular formula is C19H21F3N2. The molecule has 2 aromatic rings. The summed E-state index contributed by atoms with van der Waals surface area (Å²) >= 11 is 0. The van der Waals surface area contributed by atoms with Gasteiger partial charge < -0.3 is 5.32 Å². The zero-order valence-corrected chi connectivity index (χ0v) is 13.6. The predicted molar refractivity (Wildman–Crippen MR) is 88.9 cm³/mol. The minimum absolute atomic E-state index is 0.334. The van der Waals surface area contributed by atoms with Gasteiger partial charge in [-0.25, -0.2) is 0 Å². The quantitative estimate of drug-likeness (QED) is 0.912. The number of rotatable bonds is 3. The van der Waals surface area contributed by atoms with Gasteiger partial charge in [0.25, 0.3) is 0 Å². The van der Waals surface area contributed by atoms with Gasteiger partial charge in [-0.3, -0.25) is 4.90 Å². The first-order valence-corrected chi connectivity index (χ1v) is 8.15. The van der Waals surface area contributed by atoms with Crippen LogP contribution in [0.4, 0.5) is 13.2 Å². The molecule has 0 aromatic heterocycles. The van der Waals surface area contributed by atoms with Gasteiger partial charge in [-0.15, -0.1) is 0 Å². The van der Waals surface area contributed by atoms with Gasteiger partial charge in [-0.2, -0.15) is 13.2 Å². The van der Waals surface area contributed by atoms with Crippen LogP contribution in [0, 0.1) is 6.92 Å². The van der Waals surface area contributed by atoms with Crippen LogP contribution in [0.2, 0.25) is 0 Å². The van der Waals surface area contributed by atoms with Crippen LogP contribution in [0.3, 0.4) is 0 Å². The molecule has 2 aromatic carbocycles. The summed E-state index contributed by atoms with van der Waals surface area (Å²) in [6.07, 6.45) is -4.36. The SMILES string of the molecule is Cc1ccccc1C(c1ccccc1C(F)(F)F)N1CCNCC1. The summed E-state index contributed by atoms with van der Waals surface area (Å²) in [5.41, 5.74) is 1.74. The van der Waals surface area contributed by atoms with Crippen molar-refractivity contribution in [3.63, 3.8) is 0 Å². The van der Waals surface area contributed by atoms with E-state index in [4.69, 9.17) is 0 Å². The maximum absolute atomic E-state index is 13.6. The fourth-order valence-electron chi connectivity index (χ4n) is 3.39. The molecule has 0 radical (unpaired) electrons. The molecule has 0 amide bonds. The van der Waals surface area contributed by atoms with Gasteiger partial charge in [0.1, 0.15) is 0 Å². The number of hydrogen-bond donors (Lipinski definition) is 1. The average molecular weight is 334 g/mol. The second kappa shape index (κ2) is 6.95. The Balaban J connectivity index is 2.14. The number of alkyl halides is 3. The lowest BCUT2D eigenvalue weighted by Crippen LogP contribution is -2.45. The van der Waals surface area contributed by atoms with Crippen molar-refractivity contribution in [1.82, 2.24) is 10.2 Å². The van der Waals surface area contributed by atoms with Crippen LogP contribution in [-0.2, 0) is 6.18 Å². The number of nitrogens with one attached hydrogen (secondary N) is 1. The Bertz CT molecular complexity index is 691. The summed E-state index contributed by atoms with van der Waals surface area (Å²) in [4.78, 5) is 2.14. The van der Waals surface area contributed by atoms with Gasteiger partial charge in [-0.1, -0.05) is 42.5 Å². The molecule has 0 saturated carbocycles. The molecule has 1 saturated heterocycles. The Hall–Kier alpha value is -1.85. The first kappa shape index (κ1) is 17.0. The third kappa shape index (κ3) is 3.47. The molecule has 3 rings (SSSR count). The van der Waals surface area contributed by atoms with Crippen LogP contribution in [0.25, 0.3) is 0 Å². The molecule has 1 aliphatic heterocycles. The van der Waals surface area contributed by atoms with Gasteiger partial charge in [0.2, 0.25) is 0 Å². The third-order valence-corrected chi connectivity index (χ3v) is 4.56. The van der Waals surface area contributed by atoms with Crippen molar-refractivity contribution in [3.05, 3.63) is 70.8 Å². The Kier molecular flexibility index (Phi) is 4.92. The van der Waals surface area contributed by atoms with Crippen molar-refractivity contribution in [2.75, 3.05) is 26.2 Å². The maximum atomic E-state index is 13.6. The molecule has 24 heavy (non-hydrogen) atoms. The highest BCUT2D eigenvalue weighted by molar-refractivity contribution is 5.42. The van der Waals surface area contributed by atoms with Crippen molar-refractivity contribution >= 4 is 0 Å². The molecule has 128 valence electrons. The molecule has 0 spiro atoms. The van der Waals surface area contributed by atoms with Crippen molar-refractivity contribution in [2.24, 2.45) is 0 Å². The lowest BCUT2D eigenvalue weighted by atomic mass is 9.90. The second-order valence-corrected chi connectivity index (χ2v) is 6.13. The van der Waals surface area contributed by atoms with Gasteiger partial charge in [-0.05, 0) is 29.7 Å². The maximum Gasteiger partial charge on any atom is 0.416 e. The number of benzene rings is 2. The van der Waals surface area contributed by atoms with Crippen LogP contribution in [0.1, 0.15) is 28.3 Å². The highest BCUT2D eigenvalue weighted by Crippen LogP contribution is 2.39. The summed E-state index contributed by atoms with van der Waals surface area (Å²) in [5.74, 6) is 0. The van der Waals surface area contributed by atoms with Crippen LogP contribution < -0.4 is 5.32 Å². The number of nitrogens with zero attached hydrogens (tertiary/aromatic N) is 1. The molecule has 1 N–H and O–H groups in total. The highest BCUT2D eigenvalue weighted by Gasteiger charge is 2.37. The summed E-state index contributed by atoms with van der Waals surface area (Å²) in [5, 5.41) is 3.27. The molecule has 5 heteroatoms. The number of piperazine rings is 1. The van der Waals surface area contributed by atoms with Crippen LogP contribution >= 0.6 is 0 Å². The van der Waals surface area contributed by atoms with E-state index in [1.54, 1.807) is 12.1 Å². The standard InChI is InChI=1S/C19H21F3N2/c1-14-6-2-3-7-15(14)18(24-12-10-23-11-13-24)16-8-4-5-9-17(16)19(20,21)22/h2-9,18,23H,10-13H2,1H3. The average Bonchev–Trinajstić information content (AvgIpc) is 2.57. The largest absolute Gasteiger partial charge is 0.416 e. The topological polar surface area (TPSA) is 15.3 Å². The number of halogens is 3. The zero-order valence-electron chi connectivity index (χ0n) is 13.6. The minimum Gasteiger partial charge on any atom is -0.314 e. The van der Waals surface area contributed by atoms with E-state index in [1.807, 2.05) is 31.2 Å². The highest BCUT2D eigenvalue weighted by atomic mass is 19.4. The van der Waals surface area contributed by atoms with E-state index < -0.39 is 11.7 Å². The lowest BCUT2D eigenvalue weighted by Gasteiger charge is -2.37. The minimum atomic E-state index is -4.36. The van der Waals surface area contributed by atoms with Crippen molar-refractivity contribution in [2.45, 2.75) is 19.1 Å². The summed E-state index contributed by atoms with van der Waals surface area (Å²) in [6.45, 7) is 4.99. The van der Waals surface area contributed by atoms with E-state index in [2.05, 4.69) is 10.2 Å². The summed E-state index contributed by atoms with van der Waals surface area (Å²) in [6, 6.07) is 13.3. The van der Waals surface area contributed by atoms with Crippen LogP contribution in [0.5, 0.6) is 0 Å². The predicted octanol–water partition coefficient (Wildman–Crippen LogP) is 4.01. The van der Waals surface area contributed by atoms with Gasteiger partial charge in [0.05, 0.1) is 11.6 Å². The second-order valence-electron chi connectivity index (χ2n) is 6.13. The van der Waals surface area contributed by atoms with E-state index in [-0.39, 0.29) is 6.04 Å². The smallest absolute Gasteiger partial charge is 0.314 e. The number of hydrogen-bond acceptors (Lipinski definition) is 2. The Morgan fingerprint density at radius 1 is 0.917 bits per heavy atom. The van der Waals surface area contributed by atoms with Crippen molar-refractivity contribution in [1.29, 1.82) is 0 Å². The molecule has 1 atom stereocenters. The third-order valence-electron chi connectivity index (χ3n) is 4.56. The monoisotopic (exact) mass is 334 g/mol. The molecule has 0 aliphatic carbocycles. The van der Waals surface area contributed by atoms with Crippen LogP contribution in [0.15, 0.2) is 48.5 Å². The van der Waals surface area contributed by atoms with Crippen molar-refractivity contribution < 1.29 is 13.2 Å². The Morgan fingerprint density at radius 2 is 1.50 bits per heavy atom. The summed E-state index contributed by atoms with van der Waals surface area (Å²) < 4.78 is 40.7. The van der Waals surface area contributed by atoms with E-state index >= 15 is 0 Å². The normalized spacial score (nSPS) is 17.7. The Labute approximate surface area is 140 Å². The van der Waals surface area contributed by atoms with E-state index in [1.165, 1.54) is 12.1 Å². The fourth-order valence-corrected chi connectivity index (χ4v) is 3.39.